The van der Waals surface area contributed by atoms with Crippen molar-refractivity contribution in [1.82, 2.24) is 20.4 Å². The number of nitrogens with one attached hydrogen (secondary N) is 2. The van der Waals surface area contributed by atoms with Crippen LogP contribution < -0.4 is 15.4 Å². The topological polar surface area (TPSA) is 69.2 Å². The molecule has 2 rings (SSSR count). The fourth-order valence-corrected chi connectivity index (χ4v) is 3.98. The van der Waals surface area contributed by atoms with Crippen LogP contribution in [0.5, 0.6) is 5.75 Å². The molecular weight excluding hydrogens is 462 g/mol. The van der Waals surface area contributed by atoms with Crippen LogP contribution >= 0.6 is 0 Å². The Bertz CT molecular complexity index is 1030. The number of nitrogens with zero attached hydrogens (tertiary/aromatic N) is 3. The number of likely N-dealkylation sites (N-methyl/N-ethyl adjacent to an activating group) is 2. The summed E-state index contributed by atoms with van der Waals surface area (Å²) >= 11 is 0. The Labute approximate surface area is 222 Å². The van der Waals surface area contributed by atoms with Crippen LogP contribution in [-0.2, 0) is 11.3 Å². The molecule has 7 nitrogen and oxygen atoms in total. The molecule has 1 atom stereocenters. The van der Waals surface area contributed by atoms with E-state index < -0.39 is 0 Å². The average Bonchev–Trinajstić information content (AvgIpc) is 2.90. The fourth-order valence-electron chi connectivity index (χ4n) is 3.98. The Morgan fingerprint density at radius 1 is 1.14 bits per heavy atom. The molecule has 0 fully saturated rings. The average molecular weight is 506 g/mol. The van der Waals surface area contributed by atoms with E-state index in [4.69, 9.17) is 4.74 Å². The zero-order valence-corrected chi connectivity index (χ0v) is 23.0. The highest BCUT2D eigenvalue weighted by atomic mass is 16.5. The lowest BCUT2D eigenvalue weighted by Crippen LogP contribution is -2.37. The number of carbonyl (C=O) groups is 1. The lowest BCUT2D eigenvalue weighted by molar-refractivity contribution is -0.104. The van der Waals surface area contributed by atoms with Gasteiger partial charge in [0.15, 0.2) is 6.29 Å². The highest BCUT2D eigenvalue weighted by Crippen LogP contribution is 2.25. The van der Waals surface area contributed by atoms with Crippen molar-refractivity contribution < 1.29 is 9.53 Å². The Morgan fingerprint density at radius 2 is 1.89 bits per heavy atom. The van der Waals surface area contributed by atoms with Gasteiger partial charge < -0.3 is 25.2 Å². The summed E-state index contributed by atoms with van der Waals surface area (Å²) in [5.41, 5.74) is 2.86. The number of aliphatic imine (C=N–C) groups is 1. The van der Waals surface area contributed by atoms with Gasteiger partial charge in [-0.15, -0.1) is 0 Å². The molecule has 2 N–H and O–H groups in total. The van der Waals surface area contributed by atoms with E-state index >= 15 is 0 Å². The lowest BCUT2D eigenvalue weighted by atomic mass is 10.1. The molecule has 0 bridgehead atoms. The second kappa shape index (κ2) is 16.3. The normalized spacial score (nSPS) is 13.1. The molecule has 1 unspecified atom stereocenters. The van der Waals surface area contributed by atoms with Gasteiger partial charge in [0.1, 0.15) is 17.7 Å². The van der Waals surface area contributed by atoms with Crippen molar-refractivity contribution in [3.63, 3.8) is 0 Å². The predicted octanol–water partition coefficient (Wildman–Crippen LogP) is 4.40. The van der Waals surface area contributed by atoms with E-state index in [0.29, 0.717) is 17.9 Å². The van der Waals surface area contributed by atoms with E-state index in [1.165, 1.54) is 11.1 Å². The summed E-state index contributed by atoms with van der Waals surface area (Å²) < 4.78 is 6.43. The number of rotatable bonds is 16. The summed E-state index contributed by atoms with van der Waals surface area (Å²) in [5, 5.41) is 6.48. The number of amidine groups is 1. The lowest BCUT2D eigenvalue weighted by Gasteiger charge is -2.27. The molecule has 0 spiro atoms. The van der Waals surface area contributed by atoms with Gasteiger partial charge in [0.25, 0.3) is 0 Å². The zero-order chi connectivity index (χ0) is 27.0. The van der Waals surface area contributed by atoms with Crippen LogP contribution in [0.3, 0.4) is 0 Å². The molecule has 0 amide bonds. The Kier molecular flexibility index (Phi) is 13.2. The van der Waals surface area contributed by atoms with Gasteiger partial charge in [-0.25, -0.2) is 0 Å². The molecule has 200 valence electrons. The first-order chi connectivity index (χ1) is 17.9. The van der Waals surface area contributed by atoms with Gasteiger partial charge in [0.05, 0.1) is 11.4 Å². The largest absolute Gasteiger partial charge is 0.486 e. The third-order valence-corrected chi connectivity index (χ3v) is 5.97. The van der Waals surface area contributed by atoms with Crippen molar-refractivity contribution in [3.8, 4) is 5.75 Å². The Balaban J connectivity index is 2.03. The van der Waals surface area contributed by atoms with Crippen LogP contribution in [0.25, 0.3) is 0 Å². The zero-order valence-electron chi connectivity index (χ0n) is 23.0. The summed E-state index contributed by atoms with van der Waals surface area (Å²) in [6.45, 7) is 11.5. The van der Waals surface area contributed by atoms with Crippen LogP contribution in [0.2, 0.25) is 0 Å². The smallest absolute Gasteiger partial charge is 0.153 e. The van der Waals surface area contributed by atoms with E-state index in [1.54, 1.807) is 6.08 Å². The summed E-state index contributed by atoms with van der Waals surface area (Å²) in [6, 6.07) is 18.7. The third kappa shape index (κ3) is 10.2. The number of hydrogen-bond donors (Lipinski definition) is 2. The Hall–Kier alpha value is -3.42. The quantitative estimate of drug-likeness (QED) is 0.116. The van der Waals surface area contributed by atoms with E-state index in [9.17, 15) is 4.79 Å². The molecule has 0 radical (unpaired) electrons. The van der Waals surface area contributed by atoms with E-state index in [1.807, 2.05) is 51.0 Å². The molecule has 0 aromatic heterocycles. The van der Waals surface area contributed by atoms with Crippen molar-refractivity contribution in [2.45, 2.75) is 32.9 Å². The van der Waals surface area contributed by atoms with Crippen molar-refractivity contribution in [1.29, 1.82) is 0 Å². The van der Waals surface area contributed by atoms with Gasteiger partial charge in [-0.2, -0.15) is 0 Å². The summed E-state index contributed by atoms with van der Waals surface area (Å²) in [7, 11) is 6.02. The summed E-state index contributed by atoms with van der Waals surface area (Å²) in [5.74, 6) is 2.34. The van der Waals surface area contributed by atoms with Crippen molar-refractivity contribution in [3.05, 3.63) is 89.8 Å². The first kappa shape index (κ1) is 29.8. The number of aldehydes is 1. The molecule has 0 aliphatic heterocycles. The minimum Gasteiger partial charge on any atom is -0.486 e. The highest BCUT2D eigenvalue weighted by molar-refractivity contribution is 5.84. The molecule has 0 aliphatic carbocycles. The van der Waals surface area contributed by atoms with Gasteiger partial charge in [0, 0.05) is 39.6 Å². The number of carbonyl (C=O) groups excluding carboxylic acids is 1. The van der Waals surface area contributed by atoms with E-state index in [2.05, 4.69) is 70.6 Å². The monoisotopic (exact) mass is 505 g/mol. The number of benzene rings is 2. The van der Waals surface area contributed by atoms with Crippen LogP contribution in [-0.4, -0.2) is 69.2 Å². The number of ether oxygens (including phenoxy) is 1. The molecule has 37 heavy (non-hydrogen) atoms. The van der Waals surface area contributed by atoms with Crippen LogP contribution in [0.1, 0.15) is 37.5 Å². The number of allylic oxidation sites excluding steroid dienone is 2. The van der Waals surface area contributed by atoms with Crippen LogP contribution in [0.15, 0.2) is 83.6 Å². The molecule has 0 saturated heterocycles. The molecule has 2 aromatic carbocycles. The van der Waals surface area contributed by atoms with Crippen molar-refractivity contribution in [2.24, 2.45) is 4.99 Å². The maximum atomic E-state index is 11.6. The number of hydrogen-bond acceptors (Lipinski definition) is 6. The maximum Gasteiger partial charge on any atom is 0.153 e. The molecular formula is C30H43N5O2. The standard InChI is InChI=1S/C30H43N5O2/c1-7-26(23-36)30(33-24(3)32-8-2)35(6)20-19-34(5)22-25-13-12-16-28(21-25)37-29(17-18-31-4)27-14-10-9-11-15-27/h7,9-16,21,23,29,31H,1,8,17-20,22H2,2-6H3,(H,32,33)/b30-26-. The van der Waals surface area contributed by atoms with Crippen LogP contribution in [0, 0.1) is 0 Å². The third-order valence-electron chi connectivity index (χ3n) is 5.97. The SMILES string of the molecule is C=C/C(C=O)=C(\NC(C)=NCC)N(C)CCN(C)Cc1cccc(OC(CCNC)c2ccccc2)c1. The van der Waals surface area contributed by atoms with Gasteiger partial charge in [0.2, 0.25) is 0 Å². The second-order valence-corrected chi connectivity index (χ2v) is 9.03. The molecule has 0 aliphatic rings. The van der Waals surface area contributed by atoms with E-state index in [-0.39, 0.29) is 6.10 Å². The van der Waals surface area contributed by atoms with Crippen molar-refractivity contribution >= 4 is 12.1 Å². The summed E-state index contributed by atoms with van der Waals surface area (Å²) in [4.78, 5) is 20.3. The molecule has 0 saturated carbocycles. The molecule has 2 aromatic rings. The predicted molar refractivity (Wildman–Crippen MR) is 154 cm³/mol. The first-order valence-corrected chi connectivity index (χ1v) is 12.9. The van der Waals surface area contributed by atoms with Gasteiger partial charge in [-0.05, 0) is 57.7 Å². The van der Waals surface area contributed by atoms with Crippen LogP contribution in [0.4, 0.5) is 0 Å². The highest BCUT2D eigenvalue weighted by Gasteiger charge is 2.14. The fraction of sp³-hybridized carbons (Fsp3) is 0.400. The van der Waals surface area contributed by atoms with Gasteiger partial charge in [-0.3, -0.25) is 9.79 Å². The second-order valence-electron chi connectivity index (χ2n) is 9.03. The Morgan fingerprint density at radius 3 is 2.54 bits per heavy atom. The summed E-state index contributed by atoms with van der Waals surface area (Å²) in [6.07, 6.45) is 3.26. The maximum absolute atomic E-state index is 11.6. The first-order valence-electron chi connectivity index (χ1n) is 12.9. The minimum atomic E-state index is -0.00966. The van der Waals surface area contributed by atoms with Crippen molar-refractivity contribution in [2.75, 3.05) is 47.3 Å². The molecule has 0 heterocycles. The minimum absolute atomic E-state index is 0.00966. The van der Waals surface area contributed by atoms with E-state index in [0.717, 1.165) is 50.5 Å². The molecule has 7 heteroatoms. The van der Waals surface area contributed by atoms with Gasteiger partial charge >= 0.3 is 0 Å². The van der Waals surface area contributed by atoms with Gasteiger partial charge in [-0.1, -0.05) is 55.1 Å².